The summed E-state index contributed by atoms with van der Waals surface area (Å²) in [6, 6.07) is 1.12. The summed E-state index contributed by atoms with van der Waals surface area (Å²) in [5.41, 5.74) is 0.0911. The zero-order chi connectivity index (χ0) is 19.2. The molecule has 0 spiro atoms. The number of carboxylic acids is 1. The van der Waals surface area contributed by atoms with Crippen molar-refractivity contribution < 1.29 is 14.7 Å². The molecule has 9 heteroatoms. The van der Waals surface area contributed by atoms with Crippen molar-refractivity contribution in [2.24, 2.45) is 0 Å². The smallest absolute Gasteiger partial charge is 0.355 e. The van der Waals surface area contributed by atoms with Crippen molar-refractivity contribution in [1.82, 2.24) is 20.5 Å². The summed E-state index contributed by atoms with van der Waals surface area (Å²) in [4.78, 5) is 29.4. The highest BCUT2D eigenvalue weighted by Crippen LogP contribution is 2.26. The predicted molar refractivity (Wildman–Crippen MR) is 108 cm³/mol. The summed E-state index contributed by atoms with van der Waals surface area (Å²) in [5, 5.41) is 17.7. The van der Waals surface area contributed by atoms with Crippen LogP contribution < -0.4 is 10.6 Å². The summed E-state index contributed by atoms with van der Waals surface area (Å²) in [6.07, 6.45) is 5.00. The van der Waals surface area contributed by atoms with Crippen LogP contribution in [0.4, 0.5) is 0 Å². The maximum Gasteiger partial charge on any atom is 0.355 e. The molecule has 2 aliphatic rings. The number of carbonyl (C=O) groups excluding carboxylic acids is 1. The van der Waals surface area contributed by atoms with E-state index in [4.69, 9.17) is 5.11 Å². The minimum absolute atomic E-state index is 0.0911. The van der Waals surface area contributed by atoms with Crippen LogP contribution in [0.3, 0.4) is 0 Å². The highest BCUT2D eigenvalue weighted by atomic mass is 32.2. The highest BCUT2D eigenvalue weighted by Gasteiger charge is 2.35. The van der Waals surface area contributed by atoms with Crippen molar-refractivity contribution in [2.75, 3.05) is 25.4 Å². The molecule has 0 radical (unpaired) electrons. The molecule has 0 aromatic carbocycles. The Kier molecular flexibility index (Phi) is 7.51. The molecule has 1 aromatic heterocycles. The maximum absolute atomic E-state index is 12.4. The average molecular weight is 413 g/mol. The van der Waals surface area contributed by atoms with Gasteiger partial charge in [-0.15, -0.1) is 11.3 Å². The number of carbonyl (C=O) groups is 2. The Morgan fingerprint density at radius 1 is 1.56 bits per heavy atom. The van der Waals surface area contributed by atoms with Crippen LogP contribution in [0.2, 0.25) is 0 Å². The van der Waals surface area contributed by atoms with Crippen molar-refractivity contribution in [1.29, 1.82) is 0 Å². The Morgan fingerprint density at radius 3 is 3.07 bits per heavy atom. The second-order valence-corrected chi connectivity index (χ2v) is 9.26. The summed E-state index contributed by atoms with van der Waals surface area (Å²) in [5.74, 6) is -0.0400. The highest BCUT2D eigenvalue weighted by molar-refractivity contribution is 8.01. The zero-order valence-corrected chi connectivity index (χ0v) is 17.3. The summed E-state index contributed by atoms with van der Waals surface area (Å²) in [6.45, 7) is 4.92. The monoisotopic (exact) mass is 412 g/mol. The Labute approximate surface area is 168 Å². The van der Waals surface area contributed by atoms with E-state index >= 15 is 0 Å². The lowest BCUT2D eigenvalue weighted by atomic mass is 10.0. The largest absolute Gasteiger partial charge is 0.476 e. The molecule has 3 rings (SSSR count). The molecule has 150 valence electrons. The molecule has 2 saturated heterocycles. The zero-order valence-electron chi connectivity index (χ0n) is 15.6. The molecule has 0 saturated carbocycles. The normalized spacial score (nSPS) is 23.9. The molecule has 2 aliphatic heterocycles. The van der Waals surface area contributed by atoms with Gasteiger partial charge in [0.15, 0.2) is 10.0 Å². The van der Waals surface area contributed by atoms with Crippen LogP contribution in [0, 0.1) is 0 Å². The topological polar surface area (TPSA) is 94.6 Å². The van der Waals surface area contributed by atoms with Gasteiger partial charge in [0.1, 0.15) is 0 Å². The van der Waals surface area contributed by atoms with E-state index < -0.39 is 5.97 Å². The maximum atomic E-state index is 12.4. The second kappa shape index (κ2) is 9.86. The number of thioether (sulfide) groups is 1. The predicted octanol–water partition coefficient (Wildman–Crippen LogP) is 2.04. The first-order valence-electron chi connectivity index (χ1n) is 9.66. The fourth-order valence-corrected chi connectivity index (χ4v) is 5.70. The number of nitrogens with one attached hydrogen (secondary N) is 2. The molecule has 2 fully saturated rings. The van der Waals surface area contributed by atoms with Crippen molar-refractivity contribution >= 4 is 35.0 Å². The quantitative estimate of drug-likeness (QED) is 0.506. The minimum atomic E-state index is -0.999. The number of carboxylic acid groups (broad SMARTS) is 1. The first kappa shape index (κ1) is 20.6. The Bertz CT molecular complexity index is 648. The van der Waals surface area contributed by atoms with Crippen molar-refractivity contribution in [2.45, 2.75) is 61.5 Å². The molecule has 27 heavy (non-hydrogen) atoms. The summed E-state index contributed by atoms with van der Waals surface area (Å²) >= 11 is 2.87. The van der Waals surface area contributed by atoms with Gasteiger partial charge in [0, 0.05) is 48.8 Å². The number of hydrogen-bond donors (Lipinski definition) is 3. The minimum Gasteiger partial charge on any atom is -0.476 e. The fraction of sp³-hybridized carbons (Fsp3) is 0.722. The lowest BCUT2D eigenvalue weighted by Crippen LogP contribution is -2.51. The third-order valence-electron chi connectivity index (χ3n) is 5.33. The lowest BCUT2D eigenvalue weighted by molar-refractivity contribution is -0.129. The van der Waals surface area contributed by atoms with E-state index in [0.29, 0.717) is 25.0 Å². The molecule has 3 heterocycles. The molecular formula is C18H28N4O3S2. The van der Waals surface area contributed by atoms with Crippen LogP contribution in [0.25, 0.3) is 0 Å². The van der Waals surface area contributed by atoms with Gasteiger partial charge in [-0.05, 0) is 32.2 Å². The molecule has 2 unspecified atom stereocenters. The third-order valence-corrected chi connectivity index (χ3v) is 7.33. The van der Waals surface area contributed by atoms with Gasteiger partial charge in [0.2, 0.25) is 5.91 Å². The number of amides is 1. The van der Waals surface area contributed by atoms with Crippen LogP contribution in [0.5, 0.6) is 0 Å². The van der Waals surface area contributed by atoms with Gasteiger partial charge in [0.25, 0.3) is 0 Å². The number of rotatable bonds is 10. The van der Waals surface area contributed by atoms with Crippen LogP contribution in [-0.4, -0.2) is 70.4 Å². The Hall–Kier alpha value is -1.16. The fourth-order valence-electron chi connectivity index (χ4n) is 3.89. The summed E-state index contributed by atoms with van der Waals surface area (Å²) < 4.78 is 0.744. The second-order valence-electron chi connectivity index (χ2n) is 7.06. The van der Waals surface area contributed by atoms with Crippen molar-refractivity contribution in [3.8, 4) is 0 Å². The first-order valence-corrected chi connectivity index (χ1v) is 11.5. The molecule has 0 bridgehead atoms. The summed E-state index contributed by atoms with van der Waals surface area (Å²) in [7, 11) is 0. The molecule has 7 nitrogen and oxygen atoms in total. The first-order chi connectivity index (χ1) is 13.1. The number of likely N-dealkylation sites (tertiary alicyclic amines) is 1. The van der Waals surface area contributed by atoms with Gasteiger partial charge >= 0.3 is 5.97 Å². The van der Waals surface area contributed by atoms with E-state index in [0.717, 1.165) is 36.0 Å². The SMILES string of the molecule is CCC(NCC1CCCN1)[C@H]1CCC(=O)N1CCSc1nc(C(=O)O)cs1. The van der Waals surface area contributed by atoms with Crippen LogP contribution in [0.1, 0.15) is 49.5 Å². The number of hydrogen-bond acceptors (Lipinski definition) is 7. The van der Waals surface area contributed by atoms with Gasteiger partial charge in [-0.2, -0.15) is 0 Å². The average Bonchev–Trinajstić information content (AvgIpc) is 3.39. The van der Waals surface area contributed by atoms with Crippen LogP contribution >= 0.6 is 23.1 Å². The van der Waals surface area contributed by atoms with Gasteiger partial charge in [-0.3, -0.25) is 4.79 Å². The van der Waals surface area contributed by atoms with E-state index in [1.807, 2.05) is 4.90 Å². The van der Waals surface area contributed by atoms with Crippen molar-refractivity contribution in [3.63, 3.8) is 0 Å². The third kappa shape index (κ3) is 5.43. The van der Waals surface area contributed by atoms with Crippen LogP contribution in [0.15, 0.2) is 9.72 Å². The number of aromatic carboxylic acids is 1. The van der Waals surface area contributed by atoms with E-state index in [-0.39, 0.29) is 17.6 Å². The van der Waals surface area contributed by atoms with Gasteiger partial charge < -0.3 is 20.6 Å². The lowest BCUT2D eigenvalue weighted by Gasteiger charge is -2.32. The molecule has 1 aromatic rings. The number of aromatic nitrogens is 1. The van der Waals surface area contributed by atoms with Gasteiger partial charge in [-0.1, -0.05) is 18.7 Å². The Balaban J connectivity index is 1.50. The molecule has 3 atom stereocenters. The number of thiazole rings is 1. The van der Waals surface area contributed by atoms with E-state index in [2.05, 4.69) is 22.5 Å². The standard InChI is InChI=1S/C18H28N4O3S2/c1-2-13(20-10-12-4-3-7-19-12)15-5-6-16(23)22(15)8-9-26-18-21-14(11-27-18)17(24)25/h11-13,15,19-20H,2-10H2,1H3,(H,24,25)/t12?,13?,15-/m1/s1. The van der Waals surface area contributed by atoms with E-state index in [1.165, 1.54) is 35.9 Å². The molecule has 3 N–H and O–H groups in total. The van der Waals surface area contributed by atoms with E-state index in [1.54, 1.807) is 5.38 Å². The molecule has 0 aliphatic carbocycles. The van der Waals surface area contributed by atoms with Gasteiger partial charge in [0.05, 0.1) is 0 Å². The van der Waals surface area contributed by atoms with Crippen molar-refractivity contribution in [3.05, 3.63) is 11.1 Å². The van der Waals surface area contributed by atoms with E-state index in [9.17, 15) is 9.59 Å². The Morgan fingerprint density at radius 2 is 2.41 bits per heavy atom. The molecular weight excluding hydrogens is 384 g/mol. The number of nitrogens with zero attached hydrogens (tertiary/aromatic N) is 2. The van der Waals surface area contributed by atoms with Crippen LogP contribution in [-0.2, 0) is 4.79 Å². The molecule has 1 amide bonds. The van der Waals surface area contributed by atoms with Gasteiger partial charge in [-0.25, -0.2) is 9.78 Å².